The Hall–Kier alpha value is -2.21. The number of hydrogen-bond acceptors (Lipinski definition) is 5. The van der Waals surface area contributed by atoms with Gasteiger partial charge in [-0.15, -0.1) is 11.3 Å². The summed E-state index contributed by atoms with van der Waals surface area (Å²) in [5.74, 6) is 0. The topological polar surface area (TPSA) is 66.5 Å². The molecule has 2 N–H and O–H groups in total. The molecule has 5 nitrogen and oxygen atoms in total. The molecular weight excluding hydrogens is 246 g/mol. The normalized spacial score (nSPS) is 10.4. The third-order valence-electron chi connectivity index (χ3n) is 2.41. The van der Waals surface area contributed by atoms with E-state index in [2.05, 4.69) is 25.5 Å². The molecule has 3 rings (SSSR count). The number of anilines is 1. The van der Waals surface area contributed by atoms with E-state index in [0.29, 0.717) is 6.54 Å². The van der Waals surface area contributed by atoms with Crippen LogP contribution >= 0.6 is 11.3 Å². The summed E-state index contributed by atoms with van der Waals surface area (Å²) in [5.41, 5.74) is 2.88. The van der Waals surface area contributed by atoms with Gasteiger partial charge in [-0.1, -0.05) is 6.07 Å². The fraction of sp³-hybridized carbons (Fsp3) is 0.0833. The van der Waals surface area contributed by atoms with Crippen LogP contribution in [0.3, 0.4) is 0 Å². The smallest absolute Gasteiger partial charge is 0.142 e. The number of pyridine rings is 1. The van der Waals surface area contributed by atoms with Crippen molar-refractivity contribution in [1.29, 1.82) is 0 Å². The summed E-state index contributed by atoms with van der Waals surface area (Å²) in [6.45, 7) is 0.683. The quantitative estimate of drug-likeness (QED) is 0.753. The average molecular weight is 257 g/mol. The maximum Gasteiger partial charge on any atom is 0.142 e. The van der Waals surface area contributed by atoms with E-state index < -0.39 is 0 Å². The SMILES string of the molecule is c1ccc(-c2nc(CNc3cn[nH]c3)cs2)nc1. The minimum absolute atomic E-state index is 0.683. The molecule has 0 bridgehead atoms. The van der Waals surface area contributed by atoms with Gasteiger partial charge >= 0.3 is 0 Å². The van der Waals surface area contributed by atoms with Crippen LogP contribution in [-0.4, -0.2) is 20.2 Å². The first-order valence-corrected chi connectivity index (χ1v) is 6.38. The van der Waals surface area contributed by atoms with Gasteiger partial charge in [-0.25, -0.2) is 4.98 Å². The van der Waals surface area contributed by atoms with Crippen molar-refractivity contribution >= 4 is 17.0 Å². The number of H-pyrrole nitrogens is 1. The lowest BCUT2D eigenvalue weighted by Gasteiger charge is -1.98. The van der Waals surface area contributed by atoms with Crippen molar-refractivity contribution in [3.8, 4) is 10.7 Å². The molecule has 6 heteroatoms. The standard InChI is InChI=1S/C12H11N5S/c1-2-4-13-11(3-1)12-17-10(8-18-12)5-14-9-6-15-16-7-9/h1-4,6-8,14H,5H2,(H,15,16). The molecule has 3 aromatic rings. The van der Waals surface area contributed by atoms with Gasteiger partial charge < -0.3 is 5.32 Å². The first kappa shape index (κ1) is 10.9. The molecule has 0 aliphatic carbocycles. The van der Waals surface area contributed by atoms with Gasteiger partial charge in [0.2, 0.25) is 0 Å². The molecule has 18 heavy (non-hydrogen) atoms. The molecule has 0 aliphatic heterocycles. The van der Waals surface area contributed by atoms with Crippen LogP contribution in [0.1, 0.15) is 5.69 Å². The van der Waals surface area contributed by atoms with Crippen LogP contribution in [0.2, 0.25) is 0 Å². The average Bonchev–Trinajstić information content (AvgIpc) is 3.09. The monoisotopic (exact) mass is 257 g/mol. The third kappa shape index (κ3) is 2.38. The van der Waals surface area contributed by atoms with Crippen LogP contribution in [-0.2, 0) is 6.54 Å². The van der Waals surface area contributed by atoms with Crippen molar-refractivity contribution in [3.63, 3.8) is 0 Å². The lowest BCUT2D eigenvalue weighted by Crippen LogP contribution is -1.98. The van der Waals surface area contributed by atoms with Crippen LogP contribution < -0.4 is 5.32 Å². The van der Waals surface area contributed by atoms with E-state index in [-0.39, 0.29) is 0 Å². The number of nitrogens with zero attached hydrogens (tertiary/aromatic N) is 3. The van der Waals surface area contributed by atoms with Gasteiger partial charge in [0.05, 0.1) is 29.8 Å². The molecule has 0 atom stereocenters. The zero-order valence-electron chi connectivity index (χ0n) is 9.50. The minimum Gasteiger partial charge on any atom is -0.377 e. The molecule has 3 aromatic heterocycles. The van der Waals surface area contributed by atoms with Gasteiger partial charge in [-0.3, -0.25) is 10.1 Å². The van der Waals surface area contributed by atoms with Gasteiger partial charge in [0.15, 0.2) is 0 Å². The molecule has 0 radical (unpaired) electrons. The van der Waals surface area contributed by atoms with E-state index in [1.165, 1.54) is 0 Å². The molecule has 0 unspecified atom stereocenters. The Morgan fingerprint density at radius 2 is 2.33 bits per heavy atom. The Bertz CT molecular complexity index is 602. The van der Waals surface area contributed by atoms with E-state index in [0.717, 1.165) is 22.1 Å². The van der Waals surface area contributed by atoms with Crippen LogP contribution in [0.5, 0.6) is 0 Å². The number of aromatic amines is 1. The summed E-state index contributed by atoms with van der Waals surface area (Å²) in [5, 5.41) is 12.8. The zero-order chi connectivity index (χ0) is 12.2. The number of aromatic nitrogens is 4. The molecule has 3 heterocycles. The maximum absolute atomic E-state index is 4.54. The zero-order valence-corrected chi connectivity index (χ0v) is 10.3. The van der Waals surface area contributed by atoms with E-state index in [9.17, 15) is 0 Å². The summed E-state index contributed by atoms with van der Waals surface area (Å²) in [6.07, 6.45) is 5.33. The van der Waals surface area contributed by atoms with Crippen molar-refractivity contribution in [2.75, 3.05) is 5.32 Å². The van der Waals surface area contributed by atoms with Crippen molar-refractivity contribution in [3.05, 3.63) is 47.9 Å². The maximum atomic E-state index is 4.54. The number of thiazole rings is 1. The van der Waals surface area contributed by atoms with Crippen molar-refractivity contribution < 1.29 is 0 Å². The van der Waals surface area contributed by atoms with Crippen molar-refractivity contribution in [2.24, 2.45) is 0 Å². The highest BCUT2D eigenvalue weighted by molar-refractivity contribution is 7.13. The largest absolute Gasteiger partial charge is 0.377 e. The van der Waals surface area contributed by atoms with E-state index in [1.54, 1.807) is 23.7 Å². The Kier molecular flexibility index (Phi) is 3.01. The molecule has 0 spiro atoms. The van der Waals surface area contributed by atoms with Crippen molar-refractivity contribution in [2.45, 2.75) is 6.54 Å². The van der Waals surface area contributed by atoms with Crippen LogP contribution in [0.25, 0.3) is 10.7 Å². The molecule has 0 aliphatic rings. The van der Waals surface area contributed by atoms with Crippen molar-refractivity contribution in [1.82, 2.24) is 20.2 Å². The second-order valence-corrected chi connectivity index (χ2v) is 4.56. The first-order valence-electron chi connectivity index (χ1n) is 5.50. The molecule has 0 fully saturated rings. The number of rotatable bonds is 4. The van der Waals surface area contributed by atoms with E-state index >= 15 is 0 Å². The molecule has 0 saturated heterocycles. The molecular formula is C12H11N5S. The first-order chi connectivity index (χ1) is 8.92. The Morgan fingerprint density at radius 1 is 1.33 bits per heavy atom. The molecule has 0 amide bonds. The summed E-state index contributed by atoms with van der Waals surface area (Å²) in [6, 6.07) is 5.83. The predicted octanol–water partition coefficient (Wildman–Crippen LogP) is 2.54. The molecule has 0 aromatic carbocycles. The van der Waals surface area contributed by atoms with Gasteiger partial charge in [0.1, 0.15) is 5.01 Å². The summed E-state index contributed by atoms with van der Waals surface area (Å²) in [4.78, 5) is 8.83. The van der Waals surface area contributed by atoms with E-state index in [1.807, 2.05) is 29.8 Å². The third-order valence-corrected chi connectivity index (χ3v) is 3.32. The van der Waals surface area contributed by atoms with Crippen LogP contribution in [0, 0.1) is 0 Å². The highest BCUT2D eigenvalue weighted by Crippen LogP contribution is 2.21. The lowest BCUT2D eigenvalue weighted by atomic mass is 10.3. The molecule has 0 saturated carbocycles. The Morgan fingerprint density at radius 3 is 3.11 bits per heavy atom. The summed E-state index contributed by atoms with van der Waals surface area (Å²) in [7, 11) is 0. The van der Waals surface area contributed by atoms with Crippen LogP contribution in [0.4, 0.5) is 5.69 Å². The highest BCUT2D eigenvalue weighted by atomic mass is 32.1. The Labute approximate surface area is 108 Å². The fourth-order valence-electron chi connectivity index (χ4n) is 1.54. The van der Waals surface area contributed by atoms with Gasteiger partial charge in [-0.05, 0) is 12.1 Å². The van der Waals surface area contributed by atoms with Crippen LogP contribution in [0.15, 0.2) is 42.2 Å². The Balaban J connectivity index is 1.70. The number of nitrogens with one attached hydrogen (secondary N) is 2. The van der Waals surface area contributed by atoms with Gasteiger partial charge in [0, 0.05) is 17.8 Å². The van der Waals surface area contributed by atoms with E-state index in [4.69, 9.17) is 0 Å². The van der Waals surface area contributed by atoms with Gasteiger partial charge in [0.25, 0.3) is 0 Å². The lowest BCUT2D eigenvalue weighted by molar-refractivity contribution is 1.07. The van der Waals surface area contributed by atoms with Gasteiger partial charge in [-0.2, -0.15) is 5.10 Å². The second-order valence-electron chi connectivity index (χ2n) is 3.70. The second kappa shape index (κ2) is 4.97. The summed E-state index contributed by atoms with van der Waals surface area (Å²) < 4.78 is 0. The molecule has 90 valence electrons. The number of hydrogen-bond donors (Lipinski definition) is 2. The fourth-order valence-corrected chi connectivity index (χ4v) is 2.33. The minimum atomic E-state index is 0.683. The predicted molar refractivity (Wildman–Crippen MR) is 71.3 cm³/mol. The highest BCUT2D eigenvalue weighted by Gasteiger charge is 2.05. The summed E-state index contributed by atoms with van der Waals surface area (Å²) >= 11 is 1.60.